The monoisotopic (exact) mass is 176 g/mol. The lowest BCUT2D eigenvalue weighted by atomic mass is 10.6. The predicted molar refractivity (Wildman–Crippen MR) is 55.4 cm³/mol. The quantitative estimate of drug-likeness (QED) is 0.479. The zero-order valence-electron chi connectivity index (χ0n) is 7.48. The molecular weight excluding hydrogens is 156 g/mol. The molecule has 0 bridgehead atoms. The fourth-order valence-electron chi connectivity index (χ4n) is 1.41. The summed E-state index contributed by atoms with van der Waals surface area (Å²) in [7, 11) is -1.03. The van der Waals surface area contributed by atoms with Crippen molar-refractivity contribution in [1.82, 2.24) is 0 Å². The van der Waals surface area contributed by atoms with Crippen LogP contribution in [0.3, 0.4) is 0 Å². The van der Waals surface area contributed by atoms with Crippen molar-refractivity contribution in [3.8, 4) is 0 Å². The lowest BCUT2D eigenvalue weighted by Crippen LogP contribution is -2.24. The van der Waals surface area contributed by atoms with Crippen molar-refractivity contribution in [2.45, 2.75) is 51.7 Å². The van der Waals surface area contributed by atoms with Crippen LogP contribution in [0.4, 0.5) is 0 Å². The molecule has 0 aromatic carbocycles. The van der Waals surface area contributed by atoms with Gasteiger partial charge in [0, 0.05) is 0 Å². The Morgan fingerprint density at radius 2 is 1.40 bits per heavy atom. The van der Waals surface area contributed by atoms with Crippen LogP contribution in [0, 0.1) is 0 Å². The molecule has 0 amide bonds. The summed E-state index contributed by atoms with van der Waals surface area (Å²) < 4.78 is 0. The molecule has 0 saturated heterocycles. The largest absolute Gasteiger partial charge is 0.202 e. The summed E-state index contributed by atoms with van der Waals surface area (Å²) >= 11 is 4.82. The highest BCUT2D eigenvalue weighted by Gasteiger charge is 2.23. The second kappa shape index (κ2) is 5.25. The van der Waals surface area contributed by atoms with E-state index in [0.717, 1.165) is 0 Å². The highest BCUT2D eigenvalue weighted by molar-refractivity contribution is 8.14. The third-order valence-corrected chi connectivity index (χ3v) is 8.56. The van der Waals surface area contributed by atoms with E-state index in [1.807, 2.05) is 0 Å². The number of hydrogen-bond donors (Lipinski definition) is 1. The van der Waals surface area contributed by atoms with Gasteiger partial charge in [0.15, 0.2) is 0 Å². The molecule has 0 rings (SSSR count). The average molecular weight is 176 g/mol. The molecule has 0 aromatic rings. The fraction of sp³-hybridized carbons (Fsp3) is 1.00. The average Bonchev–Trinajstić information content (AvgIpc) is 1.89. The second-order valence-electron chi connectivity index (χ2n) is 3.08. The first kappa shape index (κ1) is 10.6. The van der Waals surface area contributed by atoms with Crippen molar-refractivity contribution in [3.63, 3.8) is 0 Å². The van der Waals surface area contributed by atoms with Crippen molar-refractivity contribution in [2.75, 3.05) is 0 Å². The maximum Gasteiger partial charge on any atom is 0.113 e. The fourth-order valence-corrected chi connectivity index (χ4v) is 5.57. The first-order chi connectivity index (χ1) is 4.68. The molecule has 0 aliphatic carbocycles. The van der Waals surface area contributed by atoms with Gasteiger partial charge in [-0.05, 0) is 12.1 Å². The standard InChI is InChI=1S/C8H20SSi/c1-4-7-10(9,6-3)8-5-2/h9H,4-8H2,1-3H3. The Morgan fingerprint density at radius 1 is 1.00 bits per heavy atom. The normalized spacial score (nSPS) is 12.0. The van der Waals surface area contributed by atoms with Gasteiger partial charge in [0.2, 0.25) is 0 Å². The molecule has 0 spiro atoms. The van der Waals surface area contributed by atoms with E-state index < -0.39 is 7.22 Å². The van der Waals surface area contributed by atoms with Gasteiger partial charge in [-0.1, -0.05) is 39.7 Å². The first-order valence-electron chi connectivity index (χ1n) is 4.41. The van der Waals surface area contributed by atoms with E-state index in [1.54, 1.807) is 0 Å². The minimum absolute atomic E-state index is 1.03. The molecule has 0 aliphatic rings. The molecule has 62 valence electrons. The highest BCUT2D eigenvalue weighted by atomic mass is 32.3. The van der Waals surface area contributed by atoms with E-state index in [4.69, 9.17) is 12.1 Å². The molecule has 0 fully saturated rings. The van der Waals surface area contributed by atoms with Gasteiger partial charge in [0.1, 0.15) is 7.22 Å². The van der Waals surface area contributed by atoms with Crippen molar-refractivity contribution in [2.24, 2.45) is 0 Å². The van der Waals surface area contributed by atoms with Gasteiger partial charge < -0.3 is 0 Å². The van der Waals surface area contributed by atoms with Crippen LogP contribution in [0.15, 0.2) is 0 Å². The summed E-state index contributed by atoms with van der Waals surface area (Å²) in [6, 6.07) is 4.15. The van der Waals surface area contributed by atoms with Crippen LogP contribution in [-0.4, -0.2) is 7.22 Å². The van der Waals surface area contributed by atoms with Crippen LogP contribution in [-0.2, 0) is 0 Å². The molecule has 0 radical (unpaired) electrons. The van der Waals surface area contributed by atoms with Gasteiger partial charge in [0.05, 0.1) is 0 Å². The van der Waals surface area contributed by atoms with E-state index in [9.17, 15) is 0 Å². The molecule has 0 saturated carbocycles. The van der Waals surface area contributed by atoms with E-state index in [-0.39, 0.29) is 0 Å². The summed E-state index contributed by atoms with van der Waals surface area (Å²) in [6.07, 6.45) is 2.65. The third kappa shape index (κ3) is 3.67. The zero-order valence-corrected chi connectivity index (χ0v) is 9.38. The zero-order chi connectivity index (χ0) is 8.04. The highest BCUT2D eigenvalue weighted by Crippen LogP contribution is 2.27. The summed E-state index contributed by atoms with van der Waals surface area (Å²) in [4.78, 5) is 0. The molecule has 10 heavy (non-hydrogen) atoms. The minimum atomic E-state index is -1.03. The number of thiol groups is 1. The van der Waals surface area contributed by atoms with Crippen molar-refractivity contribution in [3.05, 3.63) is 0 Å². The lowest BCUT2D eigenvalue weighted by Gasteiger charge is -2.22. The van der Waals surface area contributed by atoms with Gasteiger partial charge >= 0.3 is 0 Å². The Hall–Kier alpha value is 0.567. The number of rotatable bonds is 5. The Kier molecular flexibility index (Phi) is 5.55. The van der Waals surface area contributed by atoms with Gasteiger partial charge in [0.25, 0.3) is 0 Å². The van der Waals surface area contributed by atoms with Crippen LogP contribution in [0.5, 0.6) is 0 Å². The Labute approximate surface area is 71.5 Å². The molecule has 0 N–H and O–H groups in total. The topological polar surface area (TPSA) is 0 Å². The van der Waals surface area contributed by atoms with Gasteiger partial charge in [-0.15, -0.1) is 0 Å². The van der Waals surface area contributed by atoms with E-state index >= 15 is 0 Å². The Bertz CT molecular complexity index is 77.3. The SMILES string of the molecule is CCC[Si](S)(CC)CCC. The van der Waals surface area contributed by atoms with Gasteiger partial charge in [-0.3, -0.25) is 0 Å². The second-order valence-corrected chi connectivity index (χ2v) is 10.1. The molecule has 2 heteroatoms. The predicted octanol–water partition coefficient (Wildman–Crippen LogP) is 3.70. The van der Waals surface area contributed by atoms with Gasteiger partial charge in [-0.2, -0.15) is 0 Å². The maximum absolute atomic E-state index is 4.82. The van der Waals surface area contributed by atoms with E-state index in [1.165, 1.54) is 31.0 Å². The van der Waals surface area contributed by atoms with Crippen LogP contribution >= 0.6 is 12.1 Å². The first-order valence-corrected chi connectivity index (χ1v) is 8.32. The molecule has 0 aromatic heterocycles. The maximum atomic E-state index is 4.82. The molecule has 0 heterocycles. The Balaban J connectivity index is 3.69. The van der Waals surface area contributed by atoms with Crippen LogP contribution in [0.2, 0.25) is 18.1 Å². The van der Waals surface area contributed by atoms with Crippen LogP contribution < -0.4 is 0 Å². The van der Waals surface area contributed by atoms with Crippen LogP contribution in [0.1, 0.15) is 33.6 Å². The van der Waals surface area contributed by atoms with E-state index in [2.05, 4.69) is 20.8 Å². The summed E-state index contributed by atoms with van der Waals surface area (Å²) in [5.74, 6) is 0. The van der Waals surface area contributed by atoms with Gasteiger partial charge in [-0.25, -0.2) is 12.1 Å². The van der Waals surface area contributed by atoms with E-state index in [0.29, 0.717) is 0 Å². The molecule has 0 nitrogen and oxygen atoms in total. The minimum Gasteiger partial charge on any atom is -0.202 e. The van der Waals surface area contributed by atoms with Crippen molar-refractivity contribution < 1.29 is 0 Å². The summed E-state index contributed by atoms with van der Waals surface area (Å²) in [5.41, 5.74) is 0. The molecule has 0 atom stereocenters. The van der Waals surface area contributed by atoms with Crippen molar-refractivity contribution in [1.29, 1.82) is 0 Å². The van der Waals surface area contributed by atoms with Crippen molar-refractivity contribution >= 4 is 19.3 Å². The Morgan fingerprint density at radius 3 is 1.60 bits per heavy atom. The lowest BCUT2D eigenvalue weighted by molar-refractivity contribution is 0.985. The smallest absolute Gasteiger partial charge is 0.113 e. The summed E-state index contributed by atoms with van der Waals surface area (Å²) in [6.45, 7) is 6.83. The molecule has 0 aliphatic heterocycles. The third-order valence-electron chi connectivity index (χ3n) is 2.09. The molecule has 0 unspecified atom stereocenters. The number of hydrogen-bond acceptors (Lipinski definition) is 1. The molecular formula is C8H20SSi. The summed E-state index contributed by atoms with van der Waals surface area (Å²) in [5, 5.41) is 0. The van der Waals surface area contributed by atoms with Crippen LogP contribution in [0.25, 0.3) is 0 Å².